The molecular formula is C22H25Cl2N3O4. The first-order valence-electron chi connectivity index (χ1n) is 10.1. The van der Waals surface area contributed by atoms with Crippen LogP contribution in [0.15, 0.2) is 30.3 Å². The monoisotopic (exact) mass is 465 g/mol. The second-order valence-corrected chi connectivity index (χ2v) is 7.83. The quantitative estimate of drug-likeness (QED) is 0.269. The highest BCUT2D eigenvalue weighted by Crippen LogP contribution is 2.41. The van der Waals surface area contributed by atoms with E-state index >= 15 is 0 Å². The number of nitro benzene ring substituents is 1. The summed E-state index contributed by atoms with van der Waals surface area (Å²) in [5.74, 6) is -0.946. The number of halogens is 2. The maximum Gasteiger partial charge on any atom is 0.278 e. The number of carbonyl (C=O) groups is 2. The summed E-state index contributed by atoms with van der Waals surface area (Å²) in [4.78, 5) is 37.0. The van der Waals surface area contributed by atoms with E-state index in [0.717, 1.165) is 25.7 Å². The standard InChI is InChI=1S/C22H25Cl2N3O4/c1-3-5-10-25-21(28)15-8-7-9-18(27(30)31)20(15)19-16(12-14(23)13-17(19)24)22(29)26-11-6-4-2/h7-9,12-13H,3-6,10-11H2,1-2H3,(H,25,28)(H,26,29). The Hall–Kier alpha value is -2.64. The van der Waals surface area contributed by atoms with Crippen molar-refractivity contribution < 1.29 is 14.5 Å². The van der Waals surface area contributed by atoms with Crippen LogP contribution in [0.2, 0.25) is 10.0 Å². The fraction of sp³-hybridized carbons (Fsp3) is 0.364. The fourth-order valence-corrected chi connectivity index (χ4v) is 3.69. The van der Waals surface area contributed by atoms with Crippen LogP contribution in [-0.2, 0) is 0 Å². The summed E-state index contributed by atoms with van der Waals surface area (Å²) in [5.41, 5.74) is -0.0885. The van der Waals surface area contributed by atoms with Gasteiger partial charge in [0.2, 0.25) is 0 Å². The molecule has 0 aliphatic heterocycles. The van der Waals surface area contributed by atoms with Gasteiger partial charge < -0.3 is 10.6 Å². The molecule has 0 radical (unpaired) electrons. The van der Waals surface area contributed by atoms with Crippen molar-refractivity contribution in [2.75, 3.05) is 13.1 Å². The molecule has 0 saturated carbocycles. The molecule has 0 fully saturated rings. The summed E-state index contributed by atoms with van der Waals surface area (Å²) in [6, 6.07) is 6.99. The number of rotatable bonds is 10. The van der Waals surface area contributed by atoms with Gasteiger partial charge in [0, 0.05) is 29.7 Å². The second-order valence-electron chi connectivity index (χ2n) is 6.99. The van der Waals surface area contributed by atoms with Crippen molar-refractivity contribution in [3.05, 3.63) is 61.6 Å². The van der Waals surface area contributed by atoms with Gasteiger partial charge >= 0.3 is 0 Å². The first-order chi connectivity index (χ1) is 14.8. The number of nitrogens with one attached hydrogen (secondary N) is 2. The molecule has 31 heavy (non-hydrogen) atoms. The number of nitro groups is 1. The van der Waals surface area contributed by atoms with Gasteiger partial charge in [-0.25, -0.2) is 0 Å². The number of hydrogen-bond donors (Lipinski definition) is 2. The zero-order valence-electron chi connectivity index (χ0n) is 17.5. The zero-order chi connectivity index (χ0) is 23.0. The average molecular weight is 466 g/mol. The minimum atomic E-state index is -0.595. The molecule has 166 valence electrons. The molecule has 2 rings (SSSR count). The number of hydrogen-bond acceptors (Lipinski definition) is 4. The van der Waals surface area contributed by atoms with Crippen LogP contribution in [0.4, 0.5) is 5.69 Å². The smallest absolute Gasteiger partial charge is 0.278 e. The highest BCUT2D eigenvalue weighted by molar-refractivity contribution is 6.38. The van der Waals surface area contributed by atoms with Gasteiger partial charge in [-0.2, -0.15) is 0 Å². The van der Waals surface area contributed by atoms with Crippen molar-refractivity contribution in [3.63, 3.8) is 0 Å². The van der Waals surface area contributed by atoms with E-state index in [2.05, 4.69) is 10.6 Å². The lowest BCUT2D eigenvalue weighted by Gasteiger charge is -2.16. The Kier molecular flexibility index (Phi) is 9.27. The van der Waals surface area contributed by atoms with Gasteiger partial charge in [-0.3, -0.25) is 19.7 Å². The van der Waals surface area contributed by atoms with Gasteiger partial charge in [0.05, 0.1) is 26.6 Å². The molecule has 2 aromatic carbocycles. The molecule has 0 unspecified atom stereocenters. The number of amides is 2. The van der Waals surface area contributed by atoms with E-state index in [-0.39, 0.29) is 38.0 Å². The van der Waals surface area contributed by atoms with Crippen LogP contribution in [-0.4, -0.2) is 29.8 Å². The summed E-state index contributed by atoms with van der Waals surface area (Å²) >= 11 is 12.6. The minimum Gasteiger partial charge on any atom is -0.352 e. The van der Waals surface area contributed by atoms with E-state index in [1.807, 2.05) is 13.8 Å². The first kappa shape index (κ1) is 24.6. The first-order valence-corrected chi connectivity index (χ1v) is 10.9. The molecule has 0 bridgehead atoms. The van der Waals surface area contributed by atoms with Gasteiger partial charge in [0.15, 0.2) is 0 Å². The van der Waals surface area contributed by atoms with Crippen molar-refractivity contribution in [2.24, 2.45) is 0 Å². The van der Waals surface area contributed by atoms with Crippen LogP contribution in [0.3, 0.4) is 0 Å². The normalized spacial score (nSPS) is 10.6. The Labute approximate surface area is 191 Å². The van der Waals surface area contributed by atoms with Crippen molar-refractivity contribution in [3.8, 4) is 11.1 Å². The van der Waals surface area contributed by atoms with Gasteiger partial charge in [0.1, 0.15) is 0 Å². The van der Waals surface area contributed by atoms with E-state index in [0.29, 0.717) is 13.1 Å². The van der Waals surface area contributed by atoms with Crippen molar-refractivity contribution >= 4 is 40.7 Å². The van der Waals surface area contributed by atoms with Crippen LogP contribution in [0.5, 0.6) is 0 Å². The maximum atomic E-state index is 12.9. The van der Waals surface area contributed by atoms with E-state index < -0.39 is 16.7 Å². The molecule has 0 saturated heterocycles. The molecule has 2 amide bonds. The average Bonchev–Trinajstić information content (AvgIpc) is 2.73. The molecule has 9 heteroatoms. The highest BCUT2D eigenvalue weighted by Gasteiger charge is 2.29. The molecule has 0 heterocycles. The lowest BCUT2D eigenvalue weighted by Crippen LogP contribution is -2.27. The number of benzene rings is 2. The van der Waals surface area contributed by atoms with Crippen LogP contribution in [0.25, 0.3) is 11.1 Å². The summed E-state index contributed by atoms with van der Waals surface area (Å²) in [7, 11) is 0. The highest BCUT2D eigenvalue weighted by atomic mass is 35.5. The number of unbranched alkanes of at least 4 members (excludes halogenated alkanes) is 2. The largest absolute Gasteiger partial charge is 0.352 e. The third kappa shape index (κ3) is 6.18. The summed E-state index contributed by atoms with van der Waals surface area (Å²) in [6.07, 6.45) is 3.30. The third-order valence-electron chi connectivity index (χ3n) is 4.67. The molecule has 7 nitrogen and oxygen atoms in total. The van der Waals surface area contributed by atoms with E-state index in [4.69, 9.17) is 23.2 Å². The molecule has 0 atom stereocenters. The Morgan fingerprint density at radius 2 is 1.52 bits per heavy atom. The van der Waals surface area contributed by atoms with Gasteiger partial charge in [-0.15, -0.1) is 0 Å². The van der Waals surface area contributed by atoms with E-state index in [9.17, 15) is 19.7 Å². The summed E-state index contributed by atoms with van der Waals surface area (Å²) in [5, 5.41) is 17.6. The van der Waals surface area contributed by atoms with Crippen molar-refractivity contribution in [1.82, 2.24) is 10.6 Å². The predicted molar refractivity (Wildman–Crippen MR) is 123 cm³/mol. The molecule has 2 N–H and O–H groups in total. The summed E-state index contributed by atoms with van der Waals surface area (Å²) in [6.45, 7) is 4.84. The Morgan fingerprint density at radius 1 is 0.935 bits per heavy atom. The lowest BCUT2D eigenvalue weighted by molar-refractivity contribution is -0.384. The Morgan fingerprint density at radius 3 is 2.06 bits per heavy atom. The summed E-state index contributed by atoms with van der Waals surface area (Å²) < 4.78 is 0. The fourth-order valence-electron chi connectivity index (χ4n) is 3.10. The number of carbonyl (C=O) groups excluding carboxylic acids is 2. The van der Waals surface area contributed by atoms with Crippen molar-refractivity contribution in [1.29, 1.82) is 0 Å². The lowest BCUT2D eigenvalue weighted by atomic mass is 9.92. The molecule has 2 aromatic rings. The Balaban J connectivity index is 2.69. The molecule has 0 aliphatic carbocycles. The van der Waals surface area contributed by atoms with Crippen LogP contribution < -0.4 is 10.6 Å². The molecule has 0 aliphatic rings. The molecular weight excluding hydrogens is 441 g/mol. The van der Waals surface area contributed by atoms with Gasteiger partial charge in [-0.05, 0) is 31.0 Å². The van der Waals surface area contributed by atoms with Gasteiger partial charge in [0.25, 0.3) is 17.5 Å². The molecule has 0 spiro atoms. The number of nitrogens with zero attached hydrogens (tertiary/aromatic N) is 1. The van der Waals surface area contributed by atoms with Gasteiger partial charge in [-0.1, -0.05) is 56.0 Å². The van der Waals surface area contributed by atoms with Crippen LogP contribution >= 0.6 is 23.2 Å². The molecule has 0 aromatic heterocycles. The maximum absolute atomic E-state index is 12.9. The Bertz CT molecular complexity index is 979. The van der Waals surface area contributed by atoms with Crippen LogP contribution in [0, 0.1) is 10.1 Å². The van der Waals surface area contributed by atoms with E-state index in [1.54, 1.807) is 0 Å². The topological polar surface area (TPSA) is 101 Å². The SMILES string of the molecule is CCCCNC(=O)c1cc(Cl)cc(Cl)c1-c1c(C(=O)NCCCC)cccc1[N+](=O)[O-]. The van der Waals surface area contributed by atoms with E-state index in [1.165, 1.54) is 30.3 Å². The zero-order valence-corrected chi connectivity index (χ0v) is 19.0. The minimum absolute atomic E-state index is 0.0104. The van der Waals surface area contributed by atoms with Crippen LogP contribution in [0.1, 0.15) is 60.2 Å². The predicted octanol–water partition coefficient (Wildman–Crippen LogP) is 5.63. The van der Waals surface area contributed by atoms with Crippen molar-refractivity contribution in [2.45, 2.75) is 39.5 Å². The third-order valence-corrected chi connectivity index (χ3v) is 5.18. The second kappa shape index (κ2) is 11.7.